The number of hydrogen-bond donors (Lipinski definition) is 3. The number of thiocyanates is 3. The van der Waals surface area contributed by atoms with Gasteiger partial charge in [0.2, 0.25) is 0 Å². The minimum atomic E-state index is 0. The average molecular weight is 208 g/mol. The normalized spacial score (nSPS) is 2.40. The second kappa shape index (κ2) is 65.0. The maximum absolute atomic E-state index is 7.18. The summed E-state index contributed by atoms with van der Waals surface area (Å²) in [5.41, 5.74) is 0. The lowest BCUT2D eigenvalue weighted by atomic mass is 11.8. The fourth-order valence-electron chi connectivity index (χ4n) is 0. The molecule has 0 atom stereocenters. The fourth-order valence-corrected chi connectivity index (χ4v) is 0. The number of nitriles is 3. The van der Waals surface area contributed by atoms with E-state index in [0.717, 1.165) is 0 Å². The van der Waals surface area contributed by atoms with Crippen LogP contribution in [0.1, 0.15) is 0 Å². The van der Waals surface area contributed by atoms with Crippen LogP contribution in [-0.2, 0) is 0 Å². The summed E-state index contributed by atoms with van der Waals surface area (Å²) >= 11 is 9.28. The zero-order chi connectivity index (χ0) is 8.12. The van der Waals surface area contributed by atoms with Gasteiger partial charge in [-0.3, -0.25) is 0 Å². The van der Waals surface area contributed by atoms with Crippen molar-refractivity contribution in [1.82, 2.24) is 0 Å². The van der Waals surface area contributed by atoms with Crippen LogP contribution in [-0.4, -0.2) is 0 Å². The Hall–Kier alpha value is -0.0500. The van der Waals surface area contributed by atoms with Gasteiger partial charge in [-0.25, -0.2) is 0 Å². The molecular weight excluding hydrogens is 205 g/mol. The Kier molecular flexibility index (Phi) is 146. The molecule has 0 saturated heterocycles. The molecule has 0 aliphatic heterocycles. The number of thiol groups is 3. The van der Waals surface area contributed by atoms with Crippen molar-refractivity contribution in [2.75, 3.05) is 0 Å². The van der Waals surface area contributed by atoms with E-state index in [0.29, 0.717) is 0 Å². The first-order valence-corrected chi connectivity index (χ1v) is 2.68. The first-order chi connectivity index (χ1) is 4.24. The van der Waals surface area contributed by atoms with Gasteiger partial charge in [-0.05, 0) is 0 Å². The second-order valence-electron chi connectivity index (χ2n) is 0.300. The van der Waals surface area contributed by atoms with Gasteiger partial charge in [0.15, 0.2) is 0 Å². The predicted molar refractivity (Wildman–Crippen MR) is 50.7 cm³/mol. The van der Waals surface area contributed by atoms with Gasteiger partial charge in [-0.1, -0.05) is 37.9 Å². The summed E-state index contributed by atoms with van der Waals surface area (Å²) in [6.45, 7) is 0. The molecule has 53 valence electrons. The Morgan fingerprint density at radius 3 is 0.700 bits per heavy atom. The molecule has 0 heterocycles. The standard InChI is InChI=1S/3CHNS.P/c3*2-1-3;/h3*3H;. The first kappa shape index (κ1) is 22.5. The highest BCUT2D eigenvalue weighted by Gasteiger charge is 1.18. The zero-order valence-corrected chi connectivity index (χ0v) is 8.21. The Balaban J connectivity index is -0.0000000257. The van der Waals surface area contributed by atoms with E-state index in [-0.39, 0.29) is 9.90 Å². The van der Waals surface area contributed by atoms with Crippen LogP contribution >= 0.6 is 47.8 Å². The monoisotopic (exact) mass is 208 g/mol. The summed E-state index contributed by atoms with van der Waals surface area (Å²) < 4.78 is 0. The van der Waals surface area contributed by atoms with Crippen LogP contribution in [0, 0.1) is 32.0 Å². The molecule has 0 aromatic rings. The molecule has 0 aromatic carbocycles. The maximum atomic E-state index is 7.18. The van der Waals surface area contributed by atoms with E-state index in [9.17, 15) is 0 Å². The SMILES string of the molecule is N#CS.N#CS.N#CS.[P]. The van der Waals surface area contributed by atoms with E-state index in [1.54, 1.807) is 0 Å². The minimum absolute atomic E-state index is 0. The van der Waals surface area contributed by atoms with E-state index >= 15 is 0 Å². The quantitative estimate of drug-likeness (QED) is 0.324. The average Bonchev–Trinajstić information content (AvgIpc) is 1.70. The van der Waals surface area contributed by atoms with Crippen LogP contribution in [0.15, 0.2) is 0 Å². The summed E-state index contributed by atoms with van der Waals surface area (Å²) in [7, 11) is 0. The van der Waals surface area contributed by atoms with Crippen LogP contribution in [0.25, 0.3) is 0 Å². The van der Waals surface area contributed by atoms with Gasteiger partial charge in [0, 0.05) is 9.90 Å². The maximum Gasteiger partial charge on any atom is 0.130 e. The third kappa shape index (κ3) is 154000. The number of hydrogen-bond acceptors (Lipinski definition) is 6. The van der Waals surface area contributed by atoms with Gasteiger partial charge in [0.05, 0.1) is 0 Å². The molecule has 0 aliphatic rings. The van der Waals surface area contributed by atoms with E-state index < -0.39 is 0 Å². The van der Waals surface area contributed by atoms with E-state index in [4.69, 9.17) is 15.8 Å². The summed E-state index contributed by atoms with van der Waals surface area (Å²) in [5, 5.41) is 25.9. The Bertz CT molecular complexity index is 112. The molecule has 0 unspecified atom stereocenters. The third-order valence-electron chi connectivity index (χ3n) is 0. The largest absolute Gasteiger partial charge is 0.185 e. The van der Waals surface area contributed by atoms with Crippen molar-refractivity contribution in [3.8, 4) is 16.2 Å². The van der Waals surface area contributed by atoms with Crippen molar-refractivity contribution in [3.63, 3.8) is 0 Å². The summed E-state index contributed by atoms with van der Waals surface area (Å²) in [6, 6.07) is 0. The molecule has 10 heavy (non-hydrogen) atoms. The van der Waals surface area contributed by atoms with Gasteiger partial charge in [0.25, 0.3) is 0 Å². The molecule has 0 aromatic heterocycles. The molecule has 0 N–H and O–H groups in total. The summed E-state index contributed by atoms with van der Waals surface area (Å²) in [4.78, 5) is 0. The molecule has 0 aliphatic carbocycles. The Morgan fingerprint density at radius 2 is 0.700 bits per heavy atom. The van der Waals surface area contributed by atoms with Crippen LogP contribution in [0.5, 0.6) is 0 Å². The molecule has 0 spiro atoms. The van der Waals surface area contributed by atoms with Gasteiger partial charge >= 0.3 is 0 Å². The van der Waals surface area contributed by atoms with Crippen molar-refractivity contribution >= 4 is 47.8 Å². The highest BCUT2D eigenvalue weighted by molar-refractivity contribution is 7.85. The third-order valence-corrected chi connectivity index (χ3v) is 0. The number of nitrogens with zero attached hydrogens (tertiary/aromatic N) is 3. The van der Waals surface area contributed by atoms with Gasteiger partial charge in [-0.15, -0.1) is 0 Å². The second-order valence-corrected chi connectivity index (χ2v) is 0.900. The first-order valence-electron chi connectivity index (χ1n) is 1.34. The van der Waals surface area contributed by atoms with Gasteiger partial charge < -0.3 is 0 Å². The zero-order valence-electron chi connectivity index (χ0n) is 4.63. The highest BCUT2D eigenvalue weighted by Crippen LogP contribution is 1.47. The molecule has 7 heteroatoms. The van der Waals surface area contributed by atoms with E-state index in [1.807, 2.05) is 0 Å². The molecule has 0 rings (SSSR count). The Labute approximate surface area is 79.9 Å². The smallest absolute Gasteiger partial charge is 0.130 e. The van der Waals surface area contributed by atoms with Crippen molar-refractivity contribution < 1.29 is 0 Å². The fraction of sp³-hybridized carbons (Fsp3) is 0. The molecule has 0 amide bonds. The van der Waals surface area contributed by atoms with Crippen molar-refractivity contribution in [2.24, 2.45) is 0 Å². The van der Waals surface area contributed by atoms with E-state index in [2.05, 4.69) is 37.9 Å². The highest BCUT2D eigenvalue weighted by atomic mass is 32.1. The predicted octanol–water partition coefficient (Wildman–Crippen LogP) is 2.05. The summed E-state index contributed by atoms with van der Waals surface area (Å²) in [6.07, 6.45) is 0. The van der Waals surface area contributed by atoms with Gasteiger partial charge in [-0.2, -0.15) is 15.8 Å². The topological polar surface area (TPSA) is 71.4 Å². The molecule has 0 saturated carbocycles. The summed E-state index contributed by atoms with van der Waals surface area (Å²) in [5.74, 6) is 0. The lowest BCUT2D eigenvalue weighted by Crippen LogP contribution is -0.961. The Morgan fingerprint density at radius 1 is 0.700 bits per heavy atom. The lowest BCUT2D eigenvalue weighted by molar-refractivity contribution is 1.57. The van der Waals surface area contributed by atoms with E-state index in [1.165, 1.54) is 16.2 Å². The molecule has 3 radical (unpaired) electrons. The minimum Gasteiger partial charge on any atom is -0.185 e. The molecular formula is C3H3N3PS3. The van der Waals surface area contributed by atoms with Gasteiger partial charge in [0.1, 0.15) is 16.2 Å². The van der Waals surface area contributed by atoms with Crippen LogP contribution in [0.2, 0.25) is 0 Å². The number of rotatable bonds is 0. The van der Waals surface area contributed by atoms with Crippen molar-refractivity contribution in [3.05, 3.63) is 0 Å². The molecule has 3 nitrogen and oxygen atoms in total. The van der Waals surface area contributed by atoms with Crippen molar-refractivity contribution in [2.45, 2.75) is 0 Å². The lowest BCUT2D eigenvalue weighted by Gasteiger charge is -1.14. The molecule has 0 fully saturated rings. The molecule has 0 bridgehead atoms. The van der Waals surface area contributed by atoms with Crippen LogP contribution < -0.4 is 0 Å². The van der Waals surface area contributed by atoms with Crippen molar-refractivity contribution in [1.29, 1.82) is 15.8 Å². The van der Waals surface area contributed by atoms with Crippen LogP contribution in [0.3, 0.4) is 0 Å². The van der Waals surface area contributed by atoms with Crippen LogP contribution in [0.4, 0.5) is 0 Å².